The Morgan fingerprint density at radius 3 is 1.54 bits per heavy atom. The number of esters is 1. The molecule has 0 aliphatic carbocycles. The molecule has 2 fully saturated rings. The Kier molecular flexibility index (Phi) is 23.5. The van der Waals surface area contributed by atoms with Gasteiger partial charge in [0.05, 0.1) is 31.4 Å². The van der Waals surface area contributed by atoms with E-state index in [4.69, 9.17) is 18.9 Å². The van der Waals surface area contributed by atoms with Crippen molar-refractivity contribution in [2.75, 3.05) is 53.6 Å². The highest BCUT2D eigenvalue weighted by Crippen LogP contribution is 2.40. The number of piperazine rings is 2. The second kappa shape index (κ2) is 31.1. The first-order valence-electron chi connectivity index (χ1n) is 31.0. The largest absolute Gasteiger partial charge is 0.497 e. The number of aryl methyl sites for hydroxylation is 1. The lowest BCUT2D eigenvalue weighted by molar-refractivity contribution is -0.170. The molecule has 3 aliphatic rings. The van der Waals surface area contributed by atoms with Crippen molar-refractivity contribution in [3.8, 4) is 11.5 Å². The molecular formula is C75H78F6N5O9P. The van der Waals surface area contributed by atoms with Gasteiger partial charge in [-0.3, -0.25) is 38.8 Å². The Bertz CT molecular complexity index is 3910. The summed E-state index contributed by atoms with van der Waals surface area (Å²) in [6.45, 7) is 21.3. The summed E-state index contributed by atoms with van der Waals surface area (Å²) in [6, 6.07) is 48.1. The van der Waals surface area contributed by atoms with Gasteiger partial charge in [-0.05, 0) is 140 Å². The molecule has 3 aliphatic heterocycles. The number of halogens is 6. The number of amides is 4. The van der Waals surface area contributed by atoms with Crippen LogP contribution in [0.25, 0.3) is 0 Å². The van der Waals surface area contributed by atoms with Crippen LogP contribution in [0.15, 0.2) is 206 Å². The highest BCUT2D eigenvalue weighted by Gasteiger charge is 2.54. The molecule has 0 N–H and O–H groups in total. The minimum Gasteiger partial charge on any atom is -0.497 e. The molecule has 0 saturated carbocycles. The van der Waals surface area contributed by atoms with Crippen LogP contribution in [0.3, 0.4) is 0 Å². The maximum atomic E-state index is 13.7. The van der Waals surface area contributed by atoms with Gasteiger partial charge in [0.25, 0.3) is 17.7 Å². The Hall–Kier alpha value is -9.23. The predicted molar refractivity (Wildman–Crippen MR) is 360 cm³/mol. The van der Waals surface area contributed by atoms with E-state index in [1.165, 1.54) is 36.1 Å². The van der Waals surface area contributed by atoms with Gasteiger partial charge in [-0.25, -0.2) is 9.79 Å². The van der Waals surface area contributed by atoms with Gasteiger partial charge in [-0.1, -0.05) is 148 Å². The molecule has 7 aromatic carbocycles. The van der Waals surface area contributed by atoms with Crippen LogP contribution in [0.2, 0.25) is 0 Å². The number of hydrogen-bond acceptors (Lipinski definition) is 12. The standard InChI is InChI=1S/C28H26F6NOP.C24H26N2O5.C23H26N2O3/c1-17-5-10-20(11-6-17)37(21-12-7-18(8-13-21)27(29,30)31)23-14-9-19(28(32,33)34)15-22(23)25-35-24(16-36-25)26(2,3)4;1-4-16-31-23(29)24(2)22(28)26(21(27)19-8-6-5-7-9-19)15-14-25(24)17-18-10-12-20(30-3)13-11-18;1-4-14-23(2)22(27)25(21(26)19-8-6-5-7-9-19)16-15-24(23)17-18-10-12-20(28-3)13-11-18/h5-15,24H,16H2,1-4H3;4-13H,1,14-17H2,2-3H3;4-13H,1,14-17H2,2-3H3/t24-,37?;;23-/m1.0/s1. The van der Waals surface area contributed by atoms with Crippen LogP contribution in [0, 0.1) is 12.3 Å². The summed E-state index contributed by atoms with van der Waals surface area (Å²) in [5.41, 5.74) is -0.271. The number of aliphatic imine (C=N–C) groups is 1. The van der Waals surface area contributed by atoms with Crippen molar-refractivity contribution in [3.05, 3.63) is 246 Å². The molecule has 4 atom stereocenters. The van der Waals surface area contributed by atoms with Gasteiger partial charge >= 0.3 is 18.3 Å². The molecule has 3 heterocycles. The van der Waals surface area contributed by atoms with E-state index >= 15 is 0 Å². The first-order chi connectivity index (χ1) is 45.5. The number of rotatable bonds is 17. The highest BCUT2D eigenvalue weighted by molar-refractivity contribution is 7.80. The zero-order valence-corrected chi connectivity index (χ0v) is 55.8. The zero-order chi connectivity index (χ0) is 69.8. The number of hydrogen-bond donors (Lipinski definition) is 0. The van der Waals surface area contributed by atoms with E-state index in [-0.39, 0.29) is 54.5 Å². The fraction of sp³-hybridized carbons (Fsp3) is 0.307. The molecule has 0 spiro atoms. The SMILES string of the molecule is C=CCOC(=O)C1(C)C(=O)N(C(=O)c2ccccc2)CCN1Cc1ccc(OC)cc1.C=CC[C@@]1(C)C(=O)N(C(=O)c2ccccc2)CCN1Cc1ccc(OC)cc1.Cc1ccc(P(c2ccc(C(F)(F)F)cc2)c2ccc(C(F)(F)F)cc2C2=N[C@@H](C(C)(C)C)CO2)cc1. The Balaban J connectivity index is 0.000000186. The minimum absolute atomic E-state index is 0.0231. The molecule has 2 saturated heterocycles. The van der Waals surface area contributed by atoms with Gasteiger partial charge in [0.2, 0.25) is 11.8 Å². The molecule has 504 valence electrons. The van der Waals surface area contributed by atoms with Crippen molar-refractivity contribution in [1.82, 2.24) is 19.6 Å². The lowest BCUT2D eigenvalue weighted by atomic mass is 9.88. The number of imide groups is 2. The van der Waals surface area contributed by atoms with Crippen LogP contribution in [-0.2, 0) is 49.3 Å². The van der Waals surface area contributed by atoms with Gasteiger partial charge in [-0.2, -0.15) is 26.3 Å². The van der Waals surface area contributed by atoms with E-state index in [1.807, 2.05) is 113 Å². The molecule has 21 heteroatoms. The minimum atomic E-state index is -4.59. The fourth-order valence-electron chi connectivity index (χ4n) is 11.1. The van der Waals surface area contributed by atoms with E-state index in [9.17, 15) is 50.3 Å². The monoisotopic (exact) mass is 1340 g/mol. The molecule has 0 bridgehead atoms. The second-order valence-electron chi connectivity index (χ2n) is 24.6. The number of nitrogens with zero attached hydrogens (tertiary/aromatic N) is 5. The maximum Gasteiger partial charge on any atom is 0.416 e. The summed E-state index contributed by atoms with van der Waals surface area (Å²) in [5.74, 6) is -0.541. The van der Waals surface area contributed by atoms with Crippen LogP contribution in [-0.4, -0.2) is 126 Å². The van der Waals surface area contributed by atoms with E-state index in [2.05, 4.69) is 23.1 Å². The fourth-order valence-corrected chi connectivity index (χ4v) is 13.5. The molecule has 4 amide bonds. The Labute approximate surface area is 557 Å². The van der Waals surface area contributed by atoms with Crippen LogP contribution < -0.4 is 25.4 Å². The van der Waals surface area contributed by atoms with E-state index in [0.717, 1.165) is 56.9 Å². The van der Waals surface area contributed by atoms with Crippen molar-refractivity contribution in [2.24, 2.45) is 10.4 Å². The van der Waals surface area contributed by atoms with Crippen LogP contribution in [0.4, 0.5) is 26.3 Å². The molecule has 96 heavy (non-hydrogen) atoms. The number of alkyl halides is 6. The summed E-state index contributed by atoms with van der Waals surface area (Å²) in [4.78, 5) is 76.7. The quantitative estimate of drug-likeness (QED) is 0.0214. The second-order valence-corrected chi connectivity index (χ2v) is 26.8. The van der Waals surface area contributed by atoms with Gasteiger partial charge in [0.15, 0.2) is 5.54 Å². The van der Waals surface area contributed by atoms with Crippen molar-refractivity contribution < 1.29 is 69.3 Å². The molecule has 7 aromatic rings. The molecule has 0 radical (unpaired) electrons. The Morgan fingerprint density at radius 1 is 0.615 bits per heavy atom. The van der Waals surface area contributed by atoms with Crippen molar-refractivity contribution >= 4 is 59.3 Å². The first kappa shape index (κ1) is 72.6. The van der Waals surface area contributed by atoms with Crippen molar-refractivity contribution in [2.45, 2.75) is 90.5 Å². The summed E-state index contributed by atoms with van der Waals surface area (Å²) in [7, 11) is 1.69. The van der Waals surface area contributed by atoms with E-state index in [0.29, 0.717) is 66.6 Å². The van der Waals surface area contributed by atoms with Crippen LogP contribution in [0.5, 0.6) is 11.5 Å². The zero-order valence-electron chi connectivity index (χ0n) is 54.9. The summed E-state index contributed by atoms with van der Waals surface area (Å²) < 4.78 is 102. The third-order valence-corrected chi connectivity index (χ3v) is 19.4. The van der Waals surface area contributed by atoms with Crippen molar-refractivity contribution in [1.29, 1.82) is 0 Å². The smallest absolute Gasteiger partial charge is 0.416 e. The van der Waals surface area contributed by atoms with E-state index in [1.54, 1.807) is 79.8 Å². The first-order valence-corrected chi connectivity index (χ1v) is 32.3. The summed E-state index contributed by atoms with van der Waals surface area (Å²) in [5, 5.41) is 1.88. The predicted octanol–water partition coefficient (Wildman–Crippen LogP) is 13.2. The number of benzene rings is 7. The summed E-state index contributed by atoms with van der Waals surface area (Å²) >= 11 is 0. The van der Waals surface area contributed by atoms with Gasteiger partial charge in [0, 0.05) is 56.0 Å². The van der Waals surface area contributed by atoms with Crippen LogP contribution in [0.1, 0.15) is 95.1 Å². The molecule has 2 unspecified atom stereocenters. The topological polar surface area (TPSA) is 148 Å². The van der Waals surface area contributed by atoms with Gasteiger partial charge < -0.3 is 18.9 Å². The number of ether oxygens (including phenoxy) is 4. The molecular weight excluding hydrogens is 1260 g/mol. The third kappa shape index (κ3) is 17.1. The number of carbonyl (C=O) groups is 5. The van der Waals surface area contributed by atoms with Gasteiger partial charge in [0.1, 0.15) is 30.3 Å². The van der Waals surface area contributed by atoms with Crippen molar-refractivity contribution in [3.63, 3.8) is 0 Å². The highest BCUT2D eigenvalue weighted by atomic mass is 31.1. The Morgan fingerprint density at radius 2 is 1.08 bits per heavy atom. The van der Waals surface area contributed by atoms with Crippen LogP contribution >= 0.6 is 7.92 Å². The average Bonchev–Trinajstić information content (AvgIpc) is 0.806. The molecule has 0 aromatic heterocycles. The summed E-state index contributed by atoms with van der Waals surface area (Å²) in [6.07, 6.45) is -5.43. The normalized spacial score (nSPS) is 18.7. The molecule has 10 rings (SSSR count). The molecule has 14 nitrogen and oxygen atoms in total. The van der Waals surface area contributed by atoms with E-state index < -0.39 is 60.3 Å². The number of methoxy groups -OCH3 is 2. The average molecular weight is 1340 g/mol. The number of carbonyl (C=O) groups excluding carboxylic acids is 5. The third-order valence-electron chi connectivity index (χ3n) is 16.9. The maximum absolute atomic E-state index is 13.7. The lowest BCUT2D eigenvalue weighted by Crippen LogP contribution is -2.69. The lowest BCUT2D eigenvalue weighted by Gasteiger charge is -2.46. The van der Waals surface area contributed by atoms with Gasteiger partial charge in [-0.15, -0.1) is 6.58 Å².